The van der Waals surface area contributed by atoms with Gasteiger partial charge in [-0.3, -0.25) is 9.20 Å². The van der Waals surface area contributed by atoms with Crippen LogP contribution in [-0.2, 0) is 11.3 Å². The number of nitrogens with zero attached hydrogens (tertiary/aromatic N) is 2. The highest BCUT2D eigenvalue weighted by Crippen LogP contribution is 2.32. The topological polar surface area (TPSA) is 55.6 Å². The molecule has 0 aliphatic carbocycles. The van der Waals surface area contributed by atoms with Crippen molar-refractivity contribution in [1.82, 2.24) is 9.38 Å². The van der Waals surface area contributed by atoms with Crippen molar-refractivity contribution in [2.75, 3.05) is 5.32 Å². The van der Waals surface area contributed by atoms with Gasteiger partial charge in [-0.2, -0.15) is 0 Å². The van der Waals surface area contributed by atoms with Crippen molar-refractivity contribution < 1.29 is 9.53 Å². The fourth-order valence-corrected chi connectivity index (χ4v) is 3.57. The number of benzene rings is 2. The molecule has 0 unspecified atom stereocenters. The number of aromatic nitrogens is 2. The molecular weight excluding hydrogens is 386 g/mol. The van der Waals surface area contributed by atoms with Crippen LogP contribution in [0.2, 0.25) is 0 Å². The maximum Gasteiger partial charge on any atom is 0.311 e. The molecule has 2 aromatic heterocycles. The van der Waals surface area contributed by atoms with Crippen molar-refractivity contribution in [1.29, 1.82) is 0 Å². The summed E-state index contributed by atoms with van der Waals surface area (Å²) in [5, 5.41) is 3.56. The summed E-state index contributed by atoms with van der Waals surface area (Å²) in [5.41, 5.74) is 4.90. The van der Waals surface area contributed by atoms with Gasteiger partial charge in [0.25, 0.3) is 0 Å². The minimum absolute atomic E-state index is 0.222. The Morgan fingerprint density at radius 2 is 1.87 bits per heavy atom. The minimum atomic E-state index is -0.222. The first-order chi connectivity index (χ1) is 15.0. The molecule has 4 aromatic rings. The van der Waals surface area contributed by atoms with Crippen molar-refractivity contribution in [3.8, 4) is 17.0 Å². The van der Waals surface area contributed by atoms with Gasteiger partial charge in [-0.05, 0) is 42.2 Å². The molecule has 31 heavy (non-hydrogen) atoms. The first kappa shape index (κ1) is 20.7. The molecular formula is C26H27N3O2. The van der Waals surface area contributed by atoms with Crippen molar-refractivity contribution in [2.24, 2.45) is 5.92 Å². The number of esters is 1. The van der Waals surface area contributed by atoms with Crippen LogP contribution in [0.4, 0.5) is 5.82 Å². The molecule has 5 heteroatoms. The SMILES string of the molecule is Cc1cccn2c(NCc3ccccc3)c(-c3cccc(OC(=O)CC(C)C)c3)nc12. The Hall–Kier alpha value is -3.60. The predicted octanol–water partition coefficient (Wildman–Crippen LogP) is 5.87. The highest BCUT2D eigenvalue weighted by molar-refractivity contribution is 5.79. The third kappa shape index (κ3) is 4.77. The second-order valence-corrected chi connectivity index (χ2v) is 8.13. The molecule has 0 saturated carbocycles. The van der Waals surface area contributed by atoms with Crippen LogP contribution >= 0.6 is 0 Å². The Bertz CT molecular complexity index is 1200. The Kier molecular flexibility index (Phi) is 6.03. The van der Waals surface area contributed by atoms with Gasteiger partial charge in [0.15, 0.2) is 0 Å². The zero-order chi connectivity index (χ0) is 21.8. The van der Waals surface area contributed by atoms with E-state index in [2.05, 4.69) is 34.8 Å². The van der Waals surface area contributed by atoms with Crippen LogP contribution in [0.5, 0.6) is 5.75 Å². The first-order valence-corrected chi connectivity index (χ1v) is 10.6. The lowest BCUT2D eigenvalue weighted by Crippen LogP contribution is -2.10. The van der Waals surface area contributed by atoms with Crippen molar-refractivity contribution in [2.45, 2.75) is 33.7 Å². The molecule has 4 rings (SSSR count). The van der Waals surface area contributed by atoms with Gasteiger partial charge in [-0.1, -0.05) is 62.4 Å². The Morgan fingerprint density at radius 3 is 2.65 bits per heavy atom. The number of rotatable bonds is 7. The molecule has 0 amide bonds. The molecule has 0 spiro atoms. The summed E-state index contributed by atoms with van der Waals surface area (Å²) in [6.45, 7) is 6.73. The molecule has 0 fully saturated rings. The van der Waals surface area contributed by atoms with E-state index in [0.29, 0.717) is 18.7 Å². The van der Waals surface area contributed by atoms with Crippen LogP contribution in [0.15, 0.2) is 72.9 Å². The van der Waals surface area contributed by atoms with Gasteiger partial charge in [0, 0.05) is 24.7 Å². The molecule has 0 saturated heterocycles. The number of imidazole rings is 1. The van der Waals surface area contributed by atoms with Crippen LogP contribution in [0, 0.1) is 12.8 Å². The van der Waals surface area contributed by atoms with Gasteiger partial charge in [0.05, 0.1) is 0 Å². The third-order valence-electron chi connectivity index (χ3n) is 5.06. The maximum atomic E-state index is 12.1. The molecule has 0 radical (unpaired) electrons. The molecule has 5 nitrogen and oxygen atoms in total. The van der Waals surface area contributed by atoms with Crippen molar-refractivity contribution in [3.63, 3.8) is 0 Å². The lowest BCUT2D eigenvalue weighted by molar-refractivity contribution is -0.135. The minimum Gasteiger partial charge on any atom is -0.426 e. The number of ether oxygens (including phenoxy) is 1. The number of fused-ring (bicyclic) bond motifs is 1. The first-order valence-electron chi connectivity index (χ1n) is 10.6. The monoisotopic (exact) mass is 413 g/mol. The molecule has 2 aromatic carbocycles. The van der Waals surface area contributed by atoms with Gasteiger partial charge in [0.2, 0.25) is 0 Å². The summed E-state index contributed by atoms with van der Waals surface area (Å²) in [4.78, 5) is 17.1. The van der Waals surface area contributed by atoms with E-state index in [-0.39, 0.29) is 11.9 Å². The molecule has 0 atom stereocenters. The highest BCUT2D eigenvalue weighted by atomic mass is 16.5. The Balaban J connectivity index is 1.70. The lowest BCUT2D eigenvalue weighted by Gasteiger charge is -2.10. The molecule has 0 bridgehead atoms. The normalized spacial score (nSPS) is 11.1. The number of nitrogens with one attached hydrogen (secondary N) is 1. The fourth-order valence-electron chi connectivity index (χ4n) is 3.57. The van der Waals surface area contributed by atoms with Crippen molar-refractivity contribution >= 4 is 17.4 Å². The molecule has 2 heterocycles. The number of anilines is 1. The van der Waals surface area contributed by atoms with Gasteiger partial charge in [-0.15, -0.1) is 0 Å². The lowest BCUT2D eigenvalue weighted by atomic mass is 10.1. The number of aryl methyl sites for hydroxylation is 1. The highest BCUT2D eigenvalue weighted by Gasteiger charge is 2.16. The largest absolute Gasteiger partial charge is 0.426 e. The Morgan fingerprint density at radius 1 is 1.06 bits per heavy atom. The van der Waals surface area contributed by atoms with E-state index in [9.17, 15) is 4.79 Å². The molecule has 1 N–H and O–H groups in total. The van der Waals surface area contributed by atoms with Gasteiger partial charge in [0.1, 0.15) is 22.9 Å². The van der Waals surface area contributed by atoms with E-state index in [1.165, 1.54) is 5.56 Å². The van der Waals surface area contributed by atoms with Crippen LogP contribution in [0.25, 0.3) is 16.9 Å². The summed E-state index contributed by atoms with van der Waals surface area (Å²) in [6.07, 6.45) is 2.40. The van der Waals surface area contributed by atoms with E-state index < -0.39 is 0 Å². The quantitative estimate of drug-likeness (QED) is 0.304. The number of carbonyl (C=O) groups excluding carboxylic acids is 1. The average Bonchev–Trinajstić information content (AvgIpc) is 3.12. The van der Waals surface area contributed by atoms with E-state index >= 15 is 0 Å². The van der Waals surface area contributed by atoms with Crippen LogP contribution in [0.1, 0.15) is 31.4 Å². The second kappa shape index (κ2) is 9.04. The summed E-state index contributed by atoms with van der Waals surface area (Å²) in [6, 6.07) is 21.9. The maximum absolute atomic E-state index is 12.1. The summed E-state index contributed by atoms with van der Waals surface area (Å²) in [5.74, 6) is 1.48. The van der Waals surface area contributed by atoms with E-state index in [4.69, 9.17) is 9.72 Å². The number of hydrogen-bond donors (Lipinski definition) is 1. The van der Waals surface area contributed by atoms with Gasteiger partial charge >= 0.3 is 5.97 Å². The van der Waals surface area contributed by atoms with Crippen LogP contribution in [-0.4, -0.2) is 15.4 Å². The zero-order valence-corrected chi connectivity index (χ0v) is 18.1. The van der Waals surface area contributed by atoms with E-state index in [0.717, 1.165) is 28.3 Å². The molecule has 158 valence electrons. The molecule has 0 aliphatic heterocycles. The van der Waals surface area contributed by atoms with Crippen LogP contribution in [0.3, 0.4) is 0 Å². The Labute approximate surface area is 182 Å². The van der Waals surface area contributed by atoms with E-state index in [1.54, 1.807) is 6.07 Å². The predicted molar refractivity (Wildman–Crippen MR) is 124 cm³/mol. The average molecular weight is 414 g/mol. The van der Waals surface area contributed by atoms with Gasteiger partial charge in [-0.25, -0.2) is 4.98 Å². The van der Waals surface area contributed by atoms with Crippen molar-refractivity contribution in [3.05, 3.63) is 84.1 Å². The summed E-state index contributed by atoms with van der Waals surface area (Å²) >= 11 is 0. The summed E-state index contributed by atoms with van der Waals surface area (Å²) in [7, 11) is 0. The third-order valence-corrected chi connectivity index (χ3v) is 5.06. The smallest absolute Gasteiger partial charge is 0.311 e. The fraction of sp³-hybridized carbons (Fsp3) is 0.231. The van der Waals surface area contributed by atoms with Gasteiger partial charge < -0.3 is 10.1 Å². The van der Waals surface area contributed by atoms with Crippen LogP contribution < -0.4 is 10.1 Å². The summed E-state index contributed by atoms with van der Waals surface area (Å²) < 4.78 is 7.63. The molecule has 0 aliphatic rings. The van der Waals surface area contributed by atoms with E-state index in [1.807, 2.05) is 62.5 Å². The number of carbonyl (C=O) groups is 1. The zero-order valence-electron chi connectivity index (χ0n) is 18.1. The number of hydrogen-bond acceptors (Lipinski definition) is 4. The second-order valence-electron chi connectivity index (χ2n) is 8.13. The standard InChI is InChI=1S/C26H27N3O2/c1-18(2)15-23(30)31-22-13-7-12-21(16-22)24-26(27-17-20-10-5-4-6-11-20)29-14-8-9-19(3)25(29)28-24/h4-14,16,18,27H,15,17H2,1-3H3. The number of pyridine rings is 1.